The largest absolute Gasteiger partial charge is 0.480 e. The van der Waals surface area contributed by atoms with Gasteiger partial charge in [0.1, 0.15) is 24.5 Å². The number of aliphatic carboxylic acids is 1. The van der Waals surface area contributed by atoms with E-state index >= 15 is 0 Å². The number of ether oxygens (including phenoxy) is 2. The summed E-state index contributed by atoms with van der Waals surface area (Å²) in [6.45, 7) is 5.16. The van der Waals surface area contributed by atoms with Gasteiger partial charge in [0.05, 0.1) is 5.70 Å². The number of carboxylic acids is 1. The Balaban J connectivity index is 1.62. The molecule has 9 nitrogen and oxygen atoms in total. The molecule has 3 rings (SSSR count). The molecule has 0 spiro atoms. The molecule has 0 saturated heterocycles. The van der Waals surface area contributed by atoms with E-state index in [1.54, 1.807) is 20.8 Å². The Kier molecular flexibility index (Phi) is 7.91. The number of benzene rings is 2. The molecule has 0 fully saturated rings. The number of rotatable bonds is 8. The van der Waals surface area contributed by atoms with E-state index in [1.165, 1.54) is 0 Å². The summed E-state index contributed by atoms with van der Waals surface area (Å²) in [6.07, 6.45) is 0.841. The van der Waals surface area contributed by atoms with Gasteiger partial charge in [0.15, 0.2) is 0 Å². The maximum absolute atomic E-state index is 12.5. The lowest BCUT2D eigenvalue weighted by Gasteiger charge is -2.18. The van der Waals surface area contributed by atoms with E-state index in [4.69, 9.17) is 15.2 Å². The molecule has 184 valence electrons. The monoisotopic (exact) mass is 479 g/mol. The number of alkyl carbamates (subject to hydrolysis) is 1. The van der Waals surface area contributed by atoms with Crippen LogP contribution in [0.4, 0.5) is 4.79 Å². The molecule has 1 aliphatic rings. The van der Waals surface area contributed by atoms with Crippen LogP contribution in [0, 0.1) is 0 Å². The molecule has 0 aromatic heterocycles. The van der Waals surface area contributed by atoms with Crippen LogP contribution in [0.1, 0.15) is 44.2 Å². The maximum atomic E-state index is 12.5. The van der Waals surface area contributed by atoms with Crippen LogP contribution in [0.2, 0.25) is 0 Å². The molecule has 1 aliphatic carbocycles. The van der Waals surface area contributed by atoms with Crippen LogP contribution >= 0.6 is 0 Å². The van der Waals surface area contributed by atoms with Crippen molar-refractivity contribution in [3.63, 3.8) is 0 Å². The first kappa shape index (κ1) is 25.5. The van der Waals surface area contributed by atoms with E-state index in [1.807, 2.05) is 48.5 Å². The van der Waals surface area contributed by atoms with Crippen LogP contribution < -0.4 is 11.1 Å². The number of fused-ring (bicyclic) bond motifs is 3. The van der Waals surface area contributed by atoms with E-state index in [0.29, 0.717) is 0 Å². The summed E-state index contributed by atoms with van der Waals surface area (Å²) in [5.74, 6) is -2.16. The van der Waals surface area contributed by atoms with Crippen molar-refractivity contribution >= 4 is 24.2 Å². The van der Waals surface area contributed by atoms with Crippen molar-refractivity contribution < 1.29 is 29.0 Å². The number of aliphatic imine (C=N–C) groups is 1. The lowest BCUT2D eigenvalue weighted by atomic mass is 9.98. The van der Waals surface area contributed by atoms with E-state index < -0.39 is 29.7 Å². The molecule has 0 aliphatic heterocycles. The van der Waals surface area contributed by atoms with Gasteiger partial charge in [0.2, 0.25) is 0 Å². The van der Waals surface area contributed by atoms with E-state index in [0.717, 1.165) is 34.7 Å². The van der Waals surface area contributed by atoms with Crippen molar-refractivity contribution in [3.8, 4) is 11.1 Å². The first-order valence-electron chi connectivity index (χ1n) is 11.1. The second-order valence-electron chi connectivity index (χ2n) is 9.01. The lowest BCUT2D eigenvalue weighted by molar-refractivity contribution is -0.145. The molecule has 1 amide bonds. The van der Waals surface area contributed by atoms with Gasteiger partial charge in [-0.2, -0.15) is 0 Å². The van der Waals surface area contributed by atoms with Crippen molar-refractivity contribution in [2.45, 2.75) is 44.8 Å². The number of carboxylic acid groups (broad SMARTS) is 1. The van der Waals surface area contributed by atoms with Gasteiger partial charge in [0, 0.05) is 18.5 Å². The topological polar surface area (TPSA) is 140 Å². The molecule has 2 aromatic rings. The SMILES string of the molecule is CC(C)(C)OC(=O)/C=N/C(=C\N)C[C@@H](NC(=O)OCC1c2ccccc2-c2ccccc21)C(=O)O. The van der Waals surface area contributed by atoms with Gasteiger partial charge < -0.3 is 25.6 Å². The fraction of sp³-hybridized carbons (Fsp3) is 0.308. The van der Waals surface area contributed by atoms with Gasteiger partial charge in [-0.15, -0.1) is 0 Å². The number of hydrogen-bond donors (Lipinski definition) is 3. The highest BCUT2D eigenvalue weighted by Crippen LogP contribution is 2.44. The zero-order valence-corrected chi connectivity index (χ0v) is 19.9. The van der Waals surface area contributed by atoms with Crippen LogP contribution in [-0.2, 0) is 19.1 Å². The number of carbonyl (C=O) groups excluding carboxylic acids is 2. The summed E-state index contributed by atoms with van der Waals surface area (Å²) in [4.78, 5) is 39.9. The van der Waals surface area contributed by atoms with Gasteiger partial charge in [0.25, 0.3) is 0 Å². The van der Waals surface area contributed by atoms with Crippen molar-refractivity contribution in [3.05, 3.63) is 71.6 Å². The summed E-state index contributed by atoms with van der Waals surface area (Å²) in [5.41, 5.74) is 9.17. The van der Waals surface area contributed by atoms with Crippen molar-refractivity contribution in [2.75, 3.05) is 6.61 Å². The Hall–Kier alpha value is -4.14. The number of nitrogens with one attached hydrogen (secondary N) is 1. The molecule has 9 heteroatoms. The fourth-order valence-corrected chi connectivity index (χ4v) is 3.82. The Morgan fingerprint density at radius 2 is 1.66 bits per heavy atom. The zero-order chi connectivity index (χ0) is 25.6. The summed E-state index contributed by atoms with van der Waals surface area (Å²) in [5, 5.41) is 11.9. The standard InChI is InChI=1S/C26H29N3O6/c1-26(2,3)35-23(30)14-28-16(13-27)12-22(24(31)32)29-25(33)34-15-21-19-10-6-4-8-17(19)18-9-5-7-11-20(18)21/h4-11,13-14,21-22H,12,15,27H2,1-3H3,(H,29,33)(H,31,32)/b16-13-,28-14+/t22-/m1/s1. The predicted molar refractivity (Wildman–Crippen MR) is 131 cm³/mol. The number of nitrogens with two attached hydrogens (primary N) is 1. The number of carbonyl (C=O) groups is 3. The number of hydrogen-bond acceptors (Lipinski definition) is 7. The highest BCUT2D eigenvalue weighted by atomic mass is 16.6. The van der Waals surface area contributed by atoms with E-state index in [2.05, 4.69) is 10.3 Å². The van der Waals surface area contributed by atoms with E-state index in [-0.39, 0.29) is 24.6 Å². The number of amides is 1. The normalized spacial score (nSPS) is 14.2. The average Bonchev–Trinajstić information content (AvgIpc) is 3.12. The molecule has 4 N–H and O–H groups in total. The molecule has 35 heavy (non-hydrogen) atoms. The molecule has 0 radical (unpaired) electrons. The predicted octanol–water partition coefficient (Wildman–Crippen LogP) is 3.58. The Morgan fingerprint density at radius 3 is 2.17 bits per heavy atom. The maximum Gasteiger partial charge on any atom is 0.407 e. The summed E-state index contributed by atoms with van der Waals surface area (Å²) in [6, 6.07) is 14.4. The molecular weight excluding hydrogens is 450 g/mol. The number of esters is 1. The molecule has 0 unspecified atom stereocenters. The summed E-state index contributed by atoms with van der Waals surface area (Å²) < 4.78 is 10.5. The van der Waals surface area contributed by atoms with Crippen molar-refractivity contribution in [2.24, 2.45) is 10.7 Å². The first-order valence-corrected chi connectivity index (χ1v) is 11.1. The third-order valence-electron chi connectivity index (χ3n) is 5.28. The minimum Gasteiger partial charge on any atom is -0.480 e. The molecule has 0 heterocycles. The molecule has 0 bridgehead atoms. The van der Waals surface area contributed by atoms with Gasteiger partial charge in [-0.3, -0.25) is 4.99 Å². The first-order chi connectivity index (χ1) is 16.6. The molecule has 2 aromatic carbocycles. The van der Waals surface area contributed by atoms with Gasteiger partial charge in [-0.25, -0.2) is 14.4 Å². The summed E-state index contributed by atoms with van der Waals surface area (Å²) >= 11 is 0. The van der Waals surface area contributed by atoms with Gasteiger partial charge >= 0.3 is 18.0 Å². The minimum absolute atomic E-state index is 0.0442. The Morgan fingerprint density at radius 1 is 1.09 bits per heavy atom. The lowest BCUT2D eigenvalue weighted by Crippen LogP contribution is -2.41. The minimum atomic E-state index is -1.36. The third kappa shape index (κ3) is 6.69. The fourth-order valence-electron chi connectivity index (χ4n) is 3.82. The average molecular weight is 480 g/mol. The van der Waals surface area contributed by atoms with Gasteiger partial charge in [-0.1, -0.05) is 48.5 Å². The third-order valence-corrected chi connectivity index (χ3v) is 5.28. The Bertz CT molecular complexity index is 1120. The molecule has 0 saturated carbocycles. The second kappa shape index (κ2) is 10.9. The smallest absolute Gasteiger partial charge is 0.407 e. The van der Waals surface area contributed by atoms with E-state index in [9.17, 15) is 19.5 Å². The van der Waals surface area contributed by atoms with Crippen LogP contribution in [0.15, 0.2) is 65.4 Å². The molecular formula is C26H29N3O6. The number of nitrogens with zero attached hydrogens (tertiary/aromatic N) is 1. The molecule has 1 atom stereocenters. The van der Waals surface area contributed by atoms with Crippen LogP contribution in [-0.4, -0.2) is 47.6 Å². The quantitative estimate of drug-likeness (QED) is 0.388. The van der Waals surface area contributed by atoms with Crippen molar-refractivity contribution in [1.29, 1.82) is 0 Å². The van der Waals surface area contributed by atoms with Gasteiger partial charge in [-0.05, 0) is 43.0 Å². The summed E-state index contributed by atoms with van der Waals surface area (Å²) in [7, 11) is 0. The highest BCUT2D eigenvalue weighted by Gasteiger charge is 2.30. The van der Waals surface area contributed by atoms with Crippen LogP contribution in [0.5, 0.6) is 0 Å². The van der Waals surface area contributed by atoms with Crippen LogP contribution in [0.3, 0.4) is 0 Å². The Labute approximate surface area is 203 Å². The van der Waals surface area contributed by atoms with Crippen molar-refractivity contribution in [1.82, 2.24) is 5.32 Å². The zero-order valence-electron chi connectivity index (χ0n) is 19.9. The highest BCUT2D eigenvalue weighted by molar-refractivity contribution is 6.23. The van der Waals surface area contributed by atoms with Crippen LogP contribution in [0.25, 0.3) is 11.1 Å². The second-order valence-corrected chi connectivity index (χ2v) is 9.01.